The lowest BCUT2D eigenvalue weighted by molar-refractivity contribution is 0.516. The fourth-order valence-corrected chi connectivity index (χ4v) is 4.35. The van der Waals surface area contributed by atoms with E-state index in [-0.39, 0.29) is 0 Å². The van der Waals surface area contributed by atoms with Gasteiger partial charge < -0.3 is 11.1 Å². The van der Waals surface area contributed by atoms with Crippen molar-refractivity contribution in [1.82, 2.24) is 9.36 Å². The molecule has 0 aromatic carbocycles. The highest BCUT2D eigenvalue weighted by atomic mass is 32.2. The predicted octanol–water partition coefficient (Wildman–Crippen LogP) is 3.34. The lowest BCUT2D eigenvalue weighted by Gasteiger charge is -2.21. The van der Waals surface area contributed by atoms with Gasteiger partial charge in [0.25, 0.3) is 0 Å². The molecule has 20 heavy (non-hydrogen) atoms. The molecule has 0 spiro atoms. The van der Waals surface area contributed by atoms with Crippen molar-refractivity contribution < 1.29 is 0 Å². The normalized spacial score (nSPS) is 16.2. The molecule has 106 valence electrons. The van der Waals surface area contributed by atoms with Gasteiger partial charge in [-0.1, -0.05) is 6.07 Å². The molecule has 4 nitrogen and oxygen atoms in total. The summed E-state index contributed by atoms with van der Waals surface area (Å²) in [6.07, 6.45) is 6.21. The van der Waals surface area contributed by atoms with Crippen LogP contribution >= 0.6 is 23.3 Å². The number of pyridine rings is 1. The highest BCUT2D eigenvalue weighted by molar-refractivity contribution is 7.99. The van der Waals surface area contributed by atoms with Crippen LogP contribution in [0.1, 0.15) is 12.8 Å². The molecule has 3 heterocycles. The third-order valence-corrected chi connectivity index (χ3v) is 5.43. The fraction of sp³-hybridized carbons (Fsp3) is 0.429. The Morgan fingerprint density at radius 3 is 2.95 bits per heavy atom. The topological polar surface area (TPSA) is 63.8 Å². The SMILES string of the molecule is Nc1nsc(NCC2CCSCC2)c1-c1cccnc1. The fourth-order valence-electron chi connectivity index (χ4n) is 2.40. The summed E-state index contributed by atoms with van der Waals surface area (Å²) in [6.45, 7) is 1.01. The van der Waals surface area contributed by atoms with Gasteiger partial charge in [-0.15, -0.1) is 0 Å². The lowest BCUT2D eigenvalue weighted by atomic mass is 10.0. The molecular weight excluding hydrogens is 288 g/mol. The van der Waals surface area contributed by atoms with Gasteiger partial charge >= 0.3 is 0 Å². The lowest BCUT2D eigenvalue weighted by Crippen LogP contribution is -2.18. The number of thioether (sulfide) groups is 1. The van der Waals surface area contributed by atoms with Crippen LogP contribution in [0.4, 0.5) is 10.8 Å². The van der Waals surface area contributed by atoms with Crippen molar-refractivity contribution >= 4 is 34.1 Å². The van der Waals surface area contributed by atoms with E-state index in [4.69, 9.17) is 5.73 Å². The van der Waals surface area contributed by atoms with Crippen molar-refractivity contribution in [3.8, 4) is 11.1 Å². The van der Waals surface area contributed by atoms with Crippen molar-refractivity contribution in [2.75, 3.05) is 29.1 Å². The Hall–Kier alpha value is -1.27. The number of nitrogens with one attached hydrogen (secondary N) is 1. The number of hydrogen-bond acceptors (Lipinski definition) is 6. The van der Waals surface area contributed by atoms with Gasteiger partial charge in [-0.05, 0) is 47.9 Å². The van der Waals surface area contributed by atoms with Crippen LogP contribution in [0.15, 0.2) is 24.5 Å². The molecule has 2 aromatic heterocycles. The molecule has 1 fully saturated rings. The van der Waals surface area contributed by atoms with Crippen molar-refractivity contribution in [2.45, 2.75) is 12.8 Å². The first kappa shape index (κ1) is 13.7. The minimum absolute atomic E-state index is 0.588. The molecule has 3 N–H and O–H groups in total. The van der Waals surface area contributed by atoms with E-state index >= 15 is 0 Å². The minimum Gasteiger partial charge on any atom is -0.382 e. The monoisotopic (exact) mass is 306 g/mol. The summed E-state index contributed by atoms with van der Waals surface area (Å²) < 4.78 is 4.28. The summed E-state index contributed by atoms with van der Waals surface area (Å²) in [7, 11) is 0. The second-order valence-electron chi connectivity index (χ2n) is 4.95. The number of hydrogen-bond donors (Lipinski definition) is 2. The predicted molar refractivity (Wildman–Crippen MR) is 88.3 cm³/mol. The zero-order valence-corrected chi connectivity index (χ0v) is 12.8. The summed E-state index contributed by atoms with van der Waals surface area (Å²) in [6, 6.07) is 3.95. The van der Waals surface area contributed by atoms with E-state index < -0.39 is 0 Å². The summed E-state index contributed by atoms with van der Waals surface area (Å²) >= 11 is 3.50. The quantitative estimate of drug-likeness (QED) is 0.907. The maximum atomic E-state index is 6.01. The number of anilines is 2. The first-order valence-corrected chi connectivity index (χ1v) is 8.74. The summed E-state index contributed by atoms with van der Waals surface area (Å²) in [5.74, 6) is 3.92. The minimum atomic E-state index is 0.588. The first-order valence-electron chi connectivity index (χ1n) is 6.82. The standard InChI is InChI=1S/C14H18N4S2/c15-13-12(11-2-1-5-16-9-11)14(20-18-13)17-8-10-3-6-19-7-4-10/h1-2,5,9-10,17H,3-4,6-8H2,(H2,15,18). The van der Waals surface area contributed by atoms with E-state index in [9.17, 15) is 0 Å². The Balaban J connectivity index is 1.74. The maximum Gasteiger partial charge on any atom is 0.147 e. The molecule has 0 saturated carbocycles. The second kappa shape index (κ2) is 6.45. The molecule has 0 atom stereocenters. The van der Waals surface area contributed by atoms with Gasteiger partial charge in [-0.3, -0.25) is 4.98 Å². The zero-order valence-electron chi connectivity index (χ0n) is 11.2. The van der Waals surface area contributed by atoms with E-state index in [2.05, 4.69) is 26.4 Å². The third kappa shape index (κ3) is 3.07. The van der Waals surface area contributed by atoms with Crippen LogP contribution in [0.5, 0.6) is 0 Å². The van der Waals surface area contributed by atoms with E-state index in [1.165, 1.54) is 35.9 Å². The highest BCUT2D eigenvalue weighted by Crippen LogP contribution is 2.36. The van der Waals surface area contributed by atoms with Gasteiger partial charge in [-0.25, -0.2) is 0 Å². The van der Waals surface area contributed by atoms with E-state index in [1.807, 2.05) is 18.3 Å². The average molecular weight is 306 g/mol. The largest absolute Gasteiger partial charge is 0.382 e. The van der Waals surface area contributed by atoms with Crippen LogP contribution in [0.2, 0.25) is 0 Å². The summed E-state index contributed by atoms with van der Waals surface area (Å²) in [5.41, 5.74) is 8.03. The van der Waals surface area contributed by atoms with Gasteiger partial charge in [0.15, 0.2) is 0 Å². The summed E-state index contributed by atoms with van der Waals surface area (Å²) in [4.78, 5) is 4.16. The number of nitrogens with zero attached hydrogens (tertiary/aromatic N) is 2. The van der Waals surface area contributed by atoms with E-state index in [1.54, 1.807) is 6.20 Å². The number of nitrogen functional groups attached to an aromatic ring is 1. The van der Waals surface area contributed by atoms with Gasteiger partial charge in [0.1, 0.15) is 10.8 Å². The zero-order chi connectivity index (χ0) is 13.8. The molecule has 6 heteroatoms. The van der Waals surface area contributed by atoms with Crippen LogP contribution in [0.25, 0.3) is 11.1 Å². The molecule has 1 aliphatic rings. The van der Waals surface area contributed by atoms with Crippen molar-refractivity contribution in [3.05, 3.63) is 24.5 Å². The molecule has 1 saturated heterocycles. The Labute approximate surface area is 127 Å². The van der Waals surface area contributed by atoms with Gasteiger partial charge in [-0.2, -0.15) is 16.1 Å². The van der Waals surface area contributed by atoms with Crippen molar-refractivity contribution in [2.24, 2.45) is 5.92 Å². The Bertz CT molecular complexity index is 550. The number of rotatable bonds is 4. The van der Waals surface area contributed by atoms with Crippen molar-refractivity contribution in [1.29, 1.82) is 0 Å². The third-order valence-electron chi connectivity index (χ3n) is 3.56. The highest BCUT2D eigenvalue weighted by Gasteiger charge is 2.17. The Morgan fingerprint density at radius 1 is 1.35 bits per heavy atom. The number of aromatic nitrogens is 2. The first-order chi connectivity index (χ1) is 9.84. The van der Waals surface area contributed by atoms with Crippen LogP contribution < -0.4 is 11.1 Å². The Morgan fingerprint density at radius 2 is 2.20 bits per heavy atom. The van der Waals surface area contributed by atoms with Crippen LogP contribution in [-0.4, -0.2) is 27.4 Å². The van der Waals surface area contributed by atoms with Crippen molar-refractivity contribution in [3.63, 3.8) is 0 Å². The molecule has 1 aliphatic heterocycles. The van der Waals surface area contributed by atoms with Crippen LogP contribution in [0, 0.1) is 5.92 Å². The summed E-state index contributed by atoms with van der Waals surface area (Å²) in [5, 5.41) is 4.60. The van der Waals surface area contributed by atoms with E-state index in [0.717, 1.165) is 28.6 Å². The average Bonchev–Trinajstić information content (AvgIpc) is 2.88. The smallest absolute Gasteiger partial charge is 0.147 e. The molecule has 0 amide bonds. The molecular formula is C14H18N4S2. The van der Waals surface area contributed by atoms with Gasteiger partial charge in [0.05, 0.1) is 5.56 Å². The maximum absolute atomic E-state index is 6.01. The van der Waals surface area contributed by atoms with Gasteiger partial charge in [0, 0.05) is 24.5 Å². The van der Waals surface area contributed by atoms with Gasteiger partial charge in [0.2, 0.25) is 0 Å². The molecule has 3 rings (SSSR count). The van der Waals surface area contributed by atoms with Crippen LogP contribution in [-0.2, 0) is 0 Å². The molecule has 0 unspecified atom stereocenters. The molecule has 2 aromatic rings. The van der Waals surface area contributed by atoms with E-state index in [0.29, 0.717) is 5.82 Å². The van der Waals surface area contributed by atoms with Crippen LogP contribution in [0.3, 0.4) is 0 Å². The molecule has 0 radical (unpaired) electrons. The second-order valence-corrected chi connectivity index (χ2v) is 6.95. The molecule has 0 aliphatic carbocycles. The Kier molecular flexibility index (Phi) is 4.42. The molecule has 0 bridgehead atoms. The number of nitrogens with two attached hydrogens (primary N) is 1.